The van der Waals surface area contributed by atoms with E-state index in [1.807, 2.05) is 0 Å². The molecule has 3 N–H and O–H groups in total. The van der Waals surface area contributed by atoms with Crippen molar-refractivity contribution in [3.63, 3.8) is 0 Å². The van der Waals surface area contributed by atoms with Crippen molar-refractivity contribution in [1.82, 2.24) is 19.6 Å². The lowest BCUT2D eigenvalue weighted by molar-refractivity contribution is 0.427. The van der Waals surface area contributed by atoms with Gasteiger partial charge in [0.25, 0.3) is 0 Å². The Bertz CT molecular complexity index is 834. The lowest BCUT2D eigenvalue weighted by atomic mass is 10.3. The second-order valence-corrected chi connectivity index (χ2v) is 4.12. The highest BCUT2D eigenvalue weighted by molar-refractivity contribution is 5.54. The van der Waals surface area contributed by atoms with Gasteiger partial charge in [-0.1, -0.05) is 6.07 Å². The van der Waals surface area contributed by atoms with Crippen molar-refractivity contribution in [3.05, 3.63) is 46.4 Å². The molecule has 0 bridgehead atoms. The van der Waals surface area contributed by atoms with Gasteiger partial charge in [-0.15, -0.1) is 0 Å². The van der Waals surface area contributed by atoms with Crippen molar-refractivity contribution in [1.29, 1.82) is 0 Å². The molecule has 0 amide bonds. The van der Waals surface area contributed by atoms with Gasteiger partial charge < -0.3 is 10.5 Å². The van der Waals surface area contributed by atoms with Gasteiger partial charge in [0.2, 0.25) is 5.88 Å². The number of benzene rings is 1. The number of hydrogen-bond donors (Lipinski definition) is 2. The molecule has 0 atom stereocenters. The molecule has 2 aromatic heterocycles. The molecule has 0 radical (unpaired) electrons. The highest BCUT2D eigenvalue weighted by Crippen LogP contribution is 2.29. The summed E-state index contributed by atoms with van der Waals surface area (Å²) in [7, 11) is 0. The number of halogens is 1. The molecule has 2 heterocycles. The molecule has 0 fully saturated rings. The summed E-state index contributed by atoms with van der Waals surface area (Å²) in [6, 6.07) is 5.64. The van der Waals surface area contributed by atoms with Gasteiger partial charge in [0.05, 0.1) is 5.69 Å². The fourth-order valence-electron chi connectivity index (χ4n) is 1.86. The zero-order valence-electron chi connectivity index (χ0n) is 10.4. The van der Waals surface area contributed by atoms with Gasteiger partial charge in [-0.25, -0.2) is 18.7 Å². The minimum Gasteiger partial charge on any atom is -0.434 e. The molecule has 1 aromatic carbocycles. The van der Waals surface area contributed by atoms with E-state index in [4.69, 9.17) is 10.5 Å². The molecule has 20 heavy (non-hydrogen) atoms. The number of hydrogen-bond acceptors (Lipinski definition) is 5. The number of aromatic nitrogens is 4. The third-order valence-corrected chi connectivity index (χ3v) is 2.75. The van der Waals surface area contributed by atoms with Crippen molar-refractivity contribution in [3.8, 4) is 11.6 Å². The predicted octanol–water partition coefficient (Wildman–Crippen LogP) is 1.24. The summed E-state index contributed by atoms with van der Waals surface area (Å²) in [5.41, 5.74) is 5.74. The number of H-pyrrole nitrogens is 1. The minimum atomic E-state index is -0.594. The fraction of sp³-hybridized carbons (Fsp3) is 0.0833. The first-order valence-corrected chi connectivity index (χ1v) is 5.73. The van der Waals surface area contributed by atoms with Crippen LogP contribution in [0.5, 0.6) is 11.6 Å². The van der Waals surface area contributed by atoms with Gasteiger partial charge in [-0.05, 0) is 19.1 Å². The van der Waals surface area contributed by atoms with Gasteiger partial charge in [0.15, 0.2) is 17.2 Å². The van der Waals surface area contributed by atoms with Crippen LogP contribution in [0, 0.1) is 12.7 Å². The Labute approximate surface area is 111 Å². The zero-order chi connectivity index (χ0) is 14.3. The maximum absolute atomic E-state index is 13.6. The highest BCUT2D eigenvalue weighted by atomic mass is 19.1. The fourth-order valence-corrected chi connectivity index (χ4v) is 1.86. The van der Waals surface area contributed by atoms with Gasteiger partial charge in [-0.2, -0.15) is 10.1 Å². The van der Waals surface area contributed by atoms with E-state index in [0.29, 0.717) is 11.5 Å². The smallest absolute Gasteiger partial charge is 0.349 e. The van der Waals surface area contributed by atoms with Crippen LogP contribution >= 0.6 is 0 Å². The number of nitrogens with two attached hydrogens (primary N) is 1. The van der Waals surface area contributed by atoms with E-state index in [1.165, 1.54) is 28.7 Å². The molecular weight excluding hydrogens is 265 g/mol. The number of nitrogens with zero attached hydrogens (tertiary/aromatic N) is 3. The standard InChI is InChI=1S/C12H10FN5O2/c1-6-15-10(5-9-16-17-12(19)18(6)9)20-11-7(13)3-2-4-8(11)14/h2-5H,14H2,1H3,(H,17,19). The number of aromatic amines is 1. The molecule has 8 heteroatoms. The largest absolute Gasteiger partial charge is 0.434 e. The van der Waals surface area contributed by atoms with Crippen LogP contribution in [0.25, 0.3) is 5.65 Å². The van der Waals surface area contributed by atoms with Gasteiger partial charge in [0, 0.05) is 6.07 Å². The first kappa shape index (κ1) is 12.2. The molecule has 0 aliphatic heterocycles. The van der Waals surface area contributed by atoms with E-state index in [2.05, 4.69) is 15.2 Å². The maximum atomic E-state index is 13.6. The van der Waals surface area contributed by atoms with Crippen molar-refractivity contribution >= 4 is 11.3 Å². The lowest BCUT2D eigenvalue weighted by Gasteiger charge is -2.09. The number of nitrogens with one attached hydrogen (secondary N) is 1. The number of para-hydroxylation sites is 1. The van der Waals surface area contributed by atoms with E-state index >= 15 is 0 Å². The third kappa shape index (κ3) is 1.87. The number of ether oxygens (including phenoxy) is 1. The van der Waals surface area contributed by atoms with Crippen LogP contribution in [0.2, 0.25) is 0 Å². The minimum absolute atomic E-state index is 0.103. The van der Waals surface area contributed by atoms with E-state index in [1.54, 1.807) is 6.92 Å². The van der Waals surface area contributed by atoms with E-state index in [0.717, 1.165) is 0 Å². The average molecular weight is 275 g/mol. The van der Waals surface area contributed by atoms with Crippen molar-refractivity contribution in [2.24, 2.45) is 0 Å². The van der Waals surface area contributed by atoms with E-state index < -0.39 is 11.5 Å². The highest BCUT2D eigenvalue weighted by Gasteiger charge is 2.12. The number of aryl methyl sites for hydroxylation is 1. The van der Waals surface area contributed by atoms with Crippen molar-refractivity contribution in [2.45, 2.75) is 6.92 Å². The Morgan fingerprint density at radius 1 is 1.45 bits per heavy atom. The first-order valence-electron chi connectivity index (χ1n) is 5.73. The molecular formula is C12H10FN5O2. The Morgan fingerprint density at radius 3 is 3.00 bits per heavy atom. The van der Waals surface area contributed by atoms with Crippen LogP contribution in [0.3, 0.4) is 0 Å². The Kier molecular flexibility index (Phi) is 2.63. The van der Waals surface area contributed by atoms with Crippen molar-refractivity contribution < 1.29 is 9.13 Å². The molecule has 0 aliphatic carbocycles. The van der Waals surface area contributed by atoms with Crippen LogP contribution in [0.15, 0.2) is 29.1 Å². The third-order valence-electron chi connectivity index (χ3n) is 2.75. The van der Waals surface area contributed by atoms with Gasteiger partial charge >= 0.3 is 5.69 Å². The quantitative estimate of drug-likeness (QED) is 0.685. The SMILES string of the molecule is Cc1nc(Oc2c(N)cccc2F)cc2n[nH]c(=O)n12. The number of anilines is 1. The summed E-state index contributed by atoms with van der Waals surface area (Å²) < 4.78 is 20.3. The van der Waals surface area contributed by atoms with E-state index in [-0.39, 0.29) is 17.3 Å². The Morgan fingerprint density at radius 2 is 2.25 bits per heavy atom. The van der Waals surface area contributed by atoms with Crippen molar-refractivity contribution in [2.75, 3.05) is 5.73 Å². The molecule has 0 aliphatic rings. The second kappa shape index (κ2) is 4.34. The van der Waals surface area contributed by atoms with Crippen LogP contribution < -0.4 is 16.2 Å². The average Bonchev–Trinajstić information content (AvgIpc) is 2.76. The topological polar surface area (TPSA) is 98.3 Å². The summed E-state index contributed by atoms with van der Waals surface area (Å²) in [4.78, 5) is 15.5. The first-order chi connectivity index (χ1) is 9.56. The van der Waals surface area contributed by atoms with Crippen LogP contribution in [0.4, 0.5) is 10.1 Å². The van der Waals surface area contributed by atoms with Crippen LogP contribution in [-0.4, -0.2) is 19.6 Å². The summed E-state index contributed by atoms with van der Waals surface area (Å²) in [5, 5.41) is 6.10. The molecule has 3 aromatic rings. The van der Waals surface area contributed by atoms with Gasteiger partial charge in [0.1, 0.15) is 5.82 Å². The molecule has 0 saturated carbocycles. The predicted molar refractivity (Wildman–Crippen MR) is 69.2 cm³/mol. The normalized spacial score (nSPS) is 10.9. The molecule has 102 valence electrons. The molecule has 0 spiro atoms. The lowest BCUT2D eigenvalue weighted by Crippen LogP contribution is -2.13. The molecule has 0 unspecified atom stereocenters. The summed E-state index contributed by atoms with van der Waals surface area (Å²) in [6.45, 7) is 1.61. The van der Waals surface area contributed by atoms with Gasteiger partial charge in [-0.3, -0.25) is 0 Å². The zero-order valence-corrected chi connectivity index (χ0v) is 10.4. The monoisotopic (exact) mass is 275 g/mol. The number of nitrogen functional groups attached to an aromatic ring is 1. The summed E-state index contributed by atoms with van der Waals surface area (Å²) >= 11 is 0. The summed E-state index contributed by atoms with van der Waals surface area (Å²) in [5.74, 6) is -0.234. The Balaban J connectivity index is 2.10. The molecule has 3 rings (SSSR count). The van der Waals surface area contributed by atoms with E-state index in [9.17, 15) is 9.18 Å². The van der Waals surface area contributed by atoms with Crippen LogP contribution in [-0.2, 0) is 0 Å². The number of fused-ring (bicyclic) bond motifs is 1. The summed E-state index contributed by atoms with van der Waals surface area (Å²) in [6.07, 6.45) is 0. The maximum Gasteiger partial charge on any atom is 0.349 e. The molecule has 7 nitrogen and oxygen atoms in total. The second-order valence-electron chi connectivity index (χ2n) is 4.12. The number of rotatable bonds is 2. The van der Waals surface area contributed by atoms with Crippen LogP contribution in [0.1, 0.15) is 5.82 Å². The molecule has 0 saturated heterocycles. The Hall–Kier alpha value is -2.90.